The number of amides is 1. The standard InChI is InChI=1S/C19H21NO2/c1-13-7-14(2)9-17(8-13)19(22)20-11-16-6-4-3-5-15(16)10-18(20)12-21/h3-9,18,21H,10-12H2,1-2H3/t18-/m0/s1. The van der Waals surface area contributed by atoms with Gasteiger partial charge in [0.15, 0.2) is 0 Å². The van der Waals surface area contributed by atoms with Crippen molar-refractivity contribution in [2.45, 2.75) is 32.9 Å². The van der Waals surface area contributed by atoms with Crippen molar-refractivity contribution in [1.82, 2.24) is 4.90 Å². The summed E-state index contributed by atoms with van der Waals surface area (Å²) in [6.45, 7) is 4.55. The van der Waals surface area contributed by atoms with E-state index in [1.54, 1.807) is 4.90 Å². The van der Waals surface area contributed by atoms with Crippen LogP contribution in [0, 0.1) is 13.8 Å². The Labute approximate surface area is 131 Å². The summed E-state index contributed by atoms with van der Waals surface area (Å²) >= 11 is 0. The van der Waals surface area contributed by atoms with Crippen molar-refractivity contribution in [3.63, 3.8) is 0 Å². The summed E-state index contributed by atoms with van der Waals surface area (Å²) in [6, 6.07) is 13.9. The van der Waals surface area contributed by atoms with Gasteiger partial charge >= 0.3 is 0 Å². The smallest absolute Gasteiger partial charge is 0.254 e. The number of benzene rings is 2. The highest BCUT2D eigenvalue weighted by molar-refractivity contribution is 5.95. The van der Waals surface area contributed by atoms with E-state index >= 15 is 0 Å². The molecule has 0 radical (unpaired) electrons. The quantitative estimate of drug-likeness (QED) is 0.925. The van der Waals surface area contributed by atoms with Crippen LogP contribution >= 0.6 is 0 Å². The Morgan fingerprint density at radius 1 is 1.14 bits per heavy atom. The highest BCUT2D eigenvalue weighted by Gasteiger charge is 2.29. The molecule has 1 aliphatic rings. The Balaban J connectivity index is 1.94. The molecule has 0 fully saturated rings. The van der Waals surface area contributed by atoms with E-state index in [1.165, 1.54) is 11.1 Å². The van der Waals surface area contributed by atoms with E-state index < -0.39 is 0 Å². The minimum atomic E-state index is -0.150. The molecule has 0 unspecified atom stereocenters. The number of fused-ring (bicyclic) bond motifs is 1. The summed E-state index contributed by atoms with van der Waals surface area (Å²) in [7, 11) is 0. The monoisotopic (exact) mass is 295 g/mol. The normalized spacial score (nSPS) is 17.2. The van der Waals surface area contributed by atoms with Crippen molar-refractivity contribution < 1.29 is 9.90 Å². The number of carbonyl (C=O) groups excluding carboxylic acids is 1. The summed E-state index contributed by atoms with van der Waals surface area (Å²) in [6.07, 6.45) is 0.712. The van der Waals surface area contributed by atoms with E-state index in [-0.39, 0.29) is 18.6 Å². The Morgan fingerprint density at radius 2 is 1.77 bits per heavy atom. The Bertz CT molecular complexity index is 688. The molecule has 2 aromatic carbocycles. The lowest BCUT2D eigenvalue weighted by atomic mass is 9.93. The van der Waals surface area contributed by atoms with Crippen LogP contribution in [0.4, 0.5) is 0 Å². The van der Waals surface area contributed by atoms with Crippen LogP contribution in [0.2, 0.25) is 0 Å². The number of hydrogen-bond donors (Lipinski definition) is 1. The minimum Gasteiger partial charge on any atom is -0.394 e. The van der Waals surface area contributed by atoms with E-state index in [1.807, 2.05) is 38.1 Å². The molecule has 0 bridgehead atoms. The molecule has 22 heavy (non-hydrogen) atoms. The van der Waals surface area contributed by atoms with E-state index in [4.69, 9.17) is 0 Å². The fraction of sp³-hybridized carbons (Fsp3) is 0.316. The number of aliphatic hydroxyl groups is 1. The number of carbonyl (C=O) groups is 1. The molecule has 3 heteroatoms. The lowest BCUT2D eigenvalue weighted by Crippen LogP contribution is -2.46. The fourth-order valence-electron chi connectivity index (χ4n) is 3.25. The first kappa shape index (κ1) is 14.8. The number of aryl methyl sites for hydroxylation is 2. The first-order valence-corrected chi connectivity index (χ1v) is 7.65. The Hall–Kier alpha value is -2.13. The van der Waals surface area contributed by atoms with Crippen LogP contribution < -0.4 is 0 Å². The van der Waals surface area contributed by atoms with Crippen LogP contribution in [0.3, 0.4) is 0 Å². The molecule has 0 saturated carbocycles. The predicted molar refractivity (Wildman–Crippen MR) is 86.8 cm³/mol. The average molecular weight is 295 g/mol. The third-order valence-electron chi connectivity index (χ3n) is 4.30. The maximum Gasteiger partial charge on any atom is 0.254 e. The van der Waals surface area contributed by atoms with Crippen molar-refractivity contribution in [1.29, 1.82) is 0 Å². The van der Waals surface area contributed by atoms with Gasteiger partial charge in [-0.2, -0.15) is 0 Å². The minimum absolute atomic E-state index is 0.000327. The van der Waals surface area contributed by atoms with Crippen molar-refractivity contribution in [2.24, 2.45) is 0 Å². The summed E-state index contributed by atoms with van der Waals surface area (Å²) < 4.78 is 0. The molecule has 1 heterocycles. The number of aliphatic hydroxyl groups excluding tert-OH is 1. The molecule has 3 nitrogen and oxygen atoms in total. The SMILES string of the molecule is Cc1cc(C)cc(C(=O)N2Cc3ccccc3C[C@H]2CO)c1. The second-order valence-corrected chi connectivity index (χ2v) is 6.12. The van der Waals surface area contributed by atoms with Gasteiger partial charge in [-0.15, -0.1) is 0 Å². The van der Waals surface area contributed by atoms with Gasteiger partial charge < -0.3 is 10.0 Å². The predicted octanol–water partition coefficient (Wildman–Crippen LogP) is 2.86. The first-order chi connectivity index (χ1) is 10.6. The lowest BCUT2D eigenvalue weighted by molar-refractivity contribution is 0.0544. The van der Waals surface area contributed by atoms with Crippen LogP contribution in [0.25, 0.3) is 0 Å². The van der Waals surface area contributed by atoms with Gasteiger partial charge in [0.1, 0.15) is 0 Å². The maximum atomic E-state index is 12.9. The van der Waals surface area contributed by atoms with Crippen LogP contribution in [0.1, 0.15) is 32.6 Å². The van der Waals surface area contributed by atoms with Crippen molar-refractivity contribution in [3.8, 4) is 0 Å². The maximum absolute atomic E-state index is 12.9. The van der Waals surface area contributed by atoms with Crippen molar-refractivity contribution >= 4 is 5.91 Å². The lowest BCUT2D eigenvalue weighted by Gasteiger charge is -2.36. The van der Waals surface area contributed by atoms with Gasteiger partial charge in [0.05, 0.1) is 12.6 Å². The van der Waals surface area contributed by atoms with Gasteiger partial charge in [0, 0.05) is 12.1 Å². The van der Waals surface area contributed by atoms with Crippen LogP contribution in [-0.2, 0) is 13.0 Å². The molecule has 1 aliphatic heterocycles. The van der Waals surface area contributed by atoms with Crippen LogP contribution in [0.5, 0.6) is 0 Å². The third-order valence-corrected chi connectivity index (χ3v) is 4.30. The number of nitrogens with zero attached hydrogens (tertiary/aromatic N) is 1. The molecule has 114 valence electrons. The fourth-order valence-corrected chi connectivity index (χ4v) is 3.25. The average Bonchev–Trinajstić information content (AvgIpc) is 2.52. The molecular weight excluding hydrogens is 274 g/mol. The highest BCUT2D eigenvalue weighted by atomic mass is 16.3. The largest absolute Gasteiger partial charge is 0.394 e. The Kier molecular flexibility index (Phi) is 3.99. The van der Waals surface area contributed by atoms with Crippen LogP contribution in [0.15, 0.2) is 42.5 Å². The Morgan fingerprint density at radius 3 is 2.41 bits per heavy atom. The second-order valence-electron chi connectivity index (χ2n) is 6.12. The zero-order valence-corrected chi connectivity index (χ0v) is 13.0. The third kappa shape index (κ3) is 2.77. The molecular formula is C19H21NO2. The van der Waals surface area contributed by atoms with E-state index in [0.717, 1.165) is 11.1 Å². The summed E-state index contributed by atoms with van der Waals surface area (Å²) in [4.78, 5) is 14.7. The van der Waals surface area contributed by atoms with Gasteiger partial charge in [-0.3, -0.25) is 4.79 Å². The summed E-state index contributed by atoms with van der Waals surface area (Å²) in [5.41, 5.74) is 5.27. The number of rotatable bonds is 2. The summed E-state index contributed by atoms with van der Waals surface area (Å²) in [5.74, 6) is 0.000327. The molecule has 1 atom stereocenters. The molecule has 3 rings (SSSR count). The van der Waals surface area contributed by atoms with Gasteiger partial charge in [-0.1, -0.05) is 41.5 Å². The topological polar surface area (TPSA) is 40.5 Å². The molecule has 0 saturated heterocycles. The van der Waals surface area contributed by atoms with Crippen molar-refractivity contribution in [3.05, 3.63) is 70.3 Å². The zero-order chi connectivity index (χ0) is 15.7. The van der Waals surface area contributed by atoms with Crippen molar-refractivity contribution in [2.75, 3.05) is 6.61 Å². The molecule has 0 aromatic heterocycles. The highest BCUT2D eigenvalue weighted by Crippen LogP contribution is 2.25. The molecule has 1 amide bonds. The second kappa shape index (κ2) is 5.93. The van der Waals surface area contributed by atoms with Gasteiger partial charge in [-0.25, -0.2) is 0 Å². The van der Waals surface area contributed by atoms with Gasteiger partial charge in [0.25, 0.3) is 5.91 Å². The molecule has 0 aliphatic carbocycles. The first-order valence-electron chi connectivity index (χ1n) is 7.65. The van der Waals surface area contributed by atoms with Gasteiger partial charge in [-0.05, 0) is 43.5 Å². The van der Waals surface area contributed by atoms with Gasteiger partial charge in [0.2, 0.25) is 0 Å². The van der Waals surface area contributed by atoms with E-state index in [2.05, 4.69) is 18.2 Å². The molecule has 1 N–H and O–H groups in total. The van der Waals surface area contributed by atoms with E-state index in [0.29, 0.717) is 18.5 Å². The van der Waals surface area contributed by atoms with Crippen LogP contribution in [-0.4, -0.2) is 28.6 Å². The molecule has 2 aromatic rings. The molecule has 0 spiro atoms. The number of hydrogen-bond acceptors (Lipinski definition) is 2. The zero-order valence-electron chi connectivity index (χ0n) is 13.0. The van der Waals surface area contributed by atoms with E-state index in [9.17, 15) is 9.90 Å². The summed E-state index contributed by atoms with van der Waals surface area (Å²) in [5, 5.41) is 9.70.